The minimum absolute atomic E-state index is 0.106. The van der Waals surface area contributed by atoms with Gasteiger partial charge in [-0.15, -0.1) is 11.3 Å². The maximum atomic E-state index is 12.5. The third kappa shape index (κ3) is 3.75. The Bertz CT molecular complexity index is 820. The lowest BCUT2D eigenvalue weighted by molar-refractivity contribution is -0.0951. The molecule has 3 aliphatic rings. The van der Waals surface area contributed by atoms with Crippen LogP contribution in [0.15, 0.2) is 24.8 Å². The first-order valence-corrected chi connectivity index (χ1v) is 11.3. The third-order valence-electron chi connectivity index (χ3n) is 6.22. The molecule has 150 valence electrons. The lowest BCUT2D eigenvalue weighted by Gasteiger charge is -2.43. The molecule has 0 atom stereocenters. The molecule has 1 saturated heterocycles. The fourth-order valence-electron chi connectivity index (χ4n) is 4.42. The number of aryl methyl sites for hydroxylation is 1. The maximum absolute atomic E-state index is 12.5. The van der Waals surface area contributed by atoms with E-state index in [9.17, 15) is 4.79 Å². The fourth-order valence-corrected chi connectivity index (χ4v) is 5.74. The Morgan fingerprint density at radius 2 is 2.18 bits per heavy atom. The highest BCUT2D eigenvalue weighted by molar-refractivity contribution is 7.14. The number of nitrogens with one attached hydrogen (secondary N) is 1. The van der Waals surface area contributed by atoms with E-state index in [4.69, 9.17) is 4.74 Å². The van der Waals surface area contributed by atoms with Crippen molar-refractivity contribution < 1.29 is 9.53 Å². The summed E-state index contributed by atoms with van der Waals surface area (Å²) >= 11 is 1.67. The summed E-state index contributed by atoms with van der Waals surface area (Å²) in [5.74, 6) is 0.106. The zero-order valence-electron chi connectivity index (χ0n) is 16.2. The number of ether oxygens (including phenoxy) is 1. The number of thiophene rings is 1. The van der Waals surface area contributed by atoms with Crippen LogP contribution in [0.5, 0.6) is 0 Å². The molecule has 0 radical (unpaired) electrons. The molecule has 7 heteroatoms. The summed E-state index contributed by atoms with van der Waals surface area (Å²) in [4.78, 5) is 21.3. The Hall–Kier alpha value is -1.70. The predicted molar refractivity (Wildman–Crippen MR) is 109 cm³/mol. The number of carbonyl (C=O) groups is 1. The van der Waals surface area contributed by atoms with E-state index < -0.39 is 0 Å². The van der Waals surface area contributed by atoms with Crippen molar-refractivity contribution in [2.75, 3.05) is 26.2 Å². The molecular formula is C21H28N4O2S. The number of hydrogen-bond donors (Lipinski definition) is 1. The number of carbonyl (C=O) groups excluding carboxylic acids is 1. The number of hydrogen-bond acceptors (Lipinski definition) is 5. The molecule has 4 heterocycles. The highest BCUT2D eigenvalue weighted by Crippen LogP contribution is 2.45. The van der Waals surface area contributed by atoms with Gasteiger partial charge in [-0.3, -0.25) is 4.79 Å². The van der Waals surface area contributed by atoms with Crippen molar-refractivity contribution in [1.29, 1.82) is 0 Å². The van der Waals surface area contributed by atoms with Gasteiger partial charge in [-0.25, -0.2) is 4.98 Å². The van der Waals surface area contributed by atoms with Gasteiger partial charge in [0, 0.05) is 42.9 Å². The molecule has 2 aromatic rings. The summed E-state index contributed by atoms with van der Waals surface area (Å²) in [6.45, 7) is 5.02. The molecule has 1 saturated carbocycles. The molecular weight excluding hydrogens is 372 g/mol. The lowest BCUT2D eigenvalue weighted by Crippen LogP contribution is -2.46. The molecule has 1 spiro atoms. The second-order valence-electron chi connectivity index (χ2n) is 8.30. The van der Waals surface area contributed by atoms with Crippen molar-refractivity contribution in [1.82, 2.24) is 19.8 Å². The summed E-state index contributed by atoms with van der Waals surface area (Å²) < 4.78 is 8.51. The van der Waals surface area contributed by atoms with Gasteiger partial charge in [0.2, 0.25) is 0 Å². The number of fused-ring (bicyclic) bond motifs is 2. The van der Waals surface area contributed by atoms with Crippen molar-refractivity contribution in [3.63, 3.8) is 0 Å². The van der Waals surface area contributed by atoms with E-state index in [-0.39, 0.29) is 11.5 Å². The van der Waals surface area contributed by atoms with E-state index >= 15 is 0 Å². The quantitative estimate of drug-likeness (QED) is 0.810. The van der Waals surface area contributed by atoms with E-state index in [0.29, 0.717) is 6.04 Å². The van der Waals surface area contributed by atoms with Gasteiger partial charge >= 0.3 is 0 Å². The normalized spacial score (nSPS) is 21.6. The molecule has 28 heavy (non-hydrogen) atoms. The smallest absolute Gasteiger partial charge is 0.261 e. The minimum Gasteiger partial charge on any atom is -0.369 e. The summed E-state index contributed by atoms with van der Waals surface area (Å²) in [6, 6.07) is 2.53. The lowest BCUT2D eigenvalue weighted by atomic mass is 9.85. The number of piperidine rings is 1. The standard InChI is InChI=1S/C21H28N4O2S/c26-20(23-17-2-3-17)18-14-16-4-13-27-21(19(16)28-18)5-10-24(11-6-21)8-1-9-25-12-7-22-15-25/h7,12,14-15,17H,1-6,8-11,13H2,(H,23,26). The molecule has 0 aromatic carbocycles. The first-order chi connectivity index (χ1) is 13.7. The number of aromatic nitrogens is 2. The summed E-state index contributed by atoms with van der Waals surface area (Å²) in [5, 5.41) is 3.13. The van der Waals surface area contributed by atoms with Crippen molar-refractivity contribution in [3.8, 4) is 0 Å². The first-order valence-electron chi connectivity index (χ1n) is 10.5. The Kier molecular flexibility index (Phi) is 4.99. The van der Waals surface area contributed by atoms with Gasteiger partial charge in [0.1, 0.15) is 5.60 Å². The summed E-state index contributed by atoms with van der Waals surface area (Å²) in [6.07, 6.45) is 12.1. The number of rotatable bonds is 6. The molecule has 5 rings (SSSR count). The molecule has 1 amide bonds. The SMILES string of the molecule is O=C(NC1CC1)c1cc2c(s1)C1(CCN(CCCn3ccnc3)CC1)OCC2. The van der Waals surface area contributed by atoms with Crippen LogP contribution in [0.2, 0.25) is 0 Å². The molecule has 2 fully saturated rings. The summed E-state index contributed by atoms with van der Waals surface area (Å²) in [5.41, 5.74) is 1.17. The van der Waals surface area contributed by atoms with Gasteiger partial charge in [-0.1, -0.05) is 0 Å². The average Bonchev–Trinajstić information content (AvgIpc) is 3.19. The maximum Gasteiger partial charge on any atom is 0.261 e. The Balaban J connectivity index is 1.21. The van der Waals surface area contributed by atoms with Crippen molar-refractivity contribution in [2.24, 2.45) is 0 Å². The molecule has 6 nitrogen and oxygen atoms in total. The van der Waals surface area contributed by atoms with Crippen LogP contribution >= 0.6 is 11.3 Å². The van der Waals surface area contributed by atoms with Crippen LogP contribution < -0.4 is 5.32 Å². The number of imidazole rings is 1. The van der Waals surface area contributed by atoms with Crippen molar-refractivity contribution in [3.05, 3.63) is 40.1 Å². The van der Waals surface area contributed by atoms with Crippen LogP contribution in [-0.2, 0) is 23.3 Å². The van der Waals surface area contributed by atoms with Crippen LogP contribution in [-0.4, -0.2) is 52.6 Å². The van der Waals surface area contributed by atoms with Crippen LogP contribution in [0.3, 0.4) is 0 Å². The average molecular weight is 401 g/mol. The molecule has 1 aliphatic carbocycles. The minimum atomic E-state index is -0.169. The third-order valence-corrected chi connectivity index (χ3v) is 7.58. The van der Waals surface area contributed by atoms with E-state index in [1.807, 2.05) is 18.7 Å². The number of nitrogens with zero attached hydrogens (tertiary/aromatic N) is 3. The second kappa shape index (κ2) is 7.61. The van der Waals surface area contributed by atoms with Crippen LogP contribution in [0, 0.1) is 0 Å². The highest BCUT2D eigenvalue weighted by Gasteiger charge is 2.42. The second-order valence-corrected chi connectivity index (χ2v) is 9.35. The van der Waals surface area contributed by atoms with Gasteiger partial charge in [0.15, 0.2) is 0 Å². The Morgan fingerprint density at radius 1 is 1.32 bits per heavy atom. The molecule has 0 unspecified atom stereocenters. The van der Waals surface area contributed by atoms with Crippen molar-refractivity contribution >= 4 is 17.2 Å². The molecule has 2 aliphatic heterocycles. The van der Waals surface area contributed by atoms with Crippen molar-refractivity contribution in [2.45, 2.75) is 56.7 Å². The number of likely N-dealkylation sites (tertiary alicyclic amines) is 1. The number of amides is 1. The Labute approximate surface area is 169 Å². The van der Waals surface area contributed by atoms with Crippen LogP contribution in [0.1, 0.15) is 52.2 Å². The monoisotopic (exact) mass is 400 g/mol. The zero-order valence-corrected chi connectivity index (χ0v) is 17.0. The predicted octanol–water partition coefficient (Wildman–Crippen LogP) is 2.79. The van der Waals surface area contributed by atoms with Gasteiger partial charge in [0.25, 0.3) is 5.91 Å². The zero-order chi connectivity index (χ0) is 19.0. The summed E-state index contributed by atoms with van der Waals surface area (Å²) in [7, 11) is 0. The van der Waals surface area contributed by atoms with Gasteiger partial charge < -0.3 is 19.5 Å². The molecule has 1 N–H and O–H groups in total. The fraction of sp³-hybridized carbons (Fsp3) is 0.619. The molecule has 0 bridgehead atoms. The topological polar surface area (TPSA) is 59.4 Å². The van der Waals surface area contributed by atoms with Crippen LogP contribution in [0.4, 0.5) is 0 Å². The highest BCUT2D eigenvalue weighted by atomic mass is 32.1. The Morgan fingerprint density at radius 3 is 2.93 bits per heavy atom. The van der Waals surface area contributed by atoms with Gasteiger partial charge in [0.05, 0.1) is 17.8 Å². The van der Waals surface area contributed by atoms with E-state index in [1.54, 1.807) is 11.3 Å². The van der Waals surface area contributed by atoms with Crippen LogP contribution in [0.25, 0.3) is 0 Å². The van der Waals surface area contributed by atoms with Gasteiger partial charge in [-0.05, 0) is 56.7 Å². The van der Waals surface area contributed by atoms with E-state index in [2.05, 4.69) is 25.8 Å². The molecule has 2 aromatic heterocycles. The largest absolute Gasteiger partial charge is 0.369 e. The first kappa shape index (κ1) is 18.3. The van der Waals surface area contributed by atoms with E-state index in [1.165, 1.54) is 10.4 Å². The van der Waals surface area contributed by atoms with Gasteiger partial charge in [-0.2, -0.15) is 0 Å². The van der Waals surface area contributed by atoms with E-state index in [0.717, 1.165) is 76.2 Å².